The molecular weight excluding hydrogens is 464 g/mol. The number of allylic oxidation sites excluding steroid dienone is 1. The Balaban J connectivity index is 1.25. The summed E-state index contributed by atoms with van der Waals surface area (Å²) in [6.07, 6.45) is 9.75. The third-order valence-electron chi connectivity index (χ3n) is 7.09. The highest BCUT2D eigenvalue weighted by Gasteiger charge is 2.32. The van der Waals surface area contributed by atoms with E-state index in [9.17, 15) is 9.59 Å². The van der Waals surface area contributed by atoms with Gasteiger partial charge in [0.05, 0.1) is 6.04 Å². The number of carbonyl (C=O) groups excluding carboxylic acids is 2. The molecule has 0 radical (unpaired) electrons. The molecule has 0 bridgehead atoms. The summed E-state index contributed by atoms with van der Waals surface area (Å²) in [7, 11) is 1.63. The normalized spacial score (nSPS) is 18.7. The Labute approximate surface area is 220 Å². The summed E-state index contributed by atoms with van der Waals surface area (Å²) in [5.41, 5.74) is 6.08. The largest absolute Gasteiger partial charge is 0.404 e. The molecule has 1 atom stereocenters. The highest BCUT2D eigenvalue weighted by molar-refractivity contribution is 5.98. The van der Waals surface area contributed by atoms with Crippen molar-refractivity contribution in [3.05, 3.63) is 77.6 Å². The first-order valence-electron chi connectivity index (χ1n) is 13.6. The quantitative estimate of drug-likeness (QED) is 0.195. The number of aryl methyl sites for hydroxylation is 1. The van der Waals surface area contributed by atoms with Crippen molar-refractivity contribution < 1.29 is 14.4 Å². The summed E-state index contributed by atoms with van der Waals surface area (Å²) in [5.74, 6) is -0.0285. The van der Waals surface area contributed by atoms with Gasteiger partial charge in [-0.1, -0.05) is 48.9 Å². The third kappa shape index (κ3) is 8.17. The van der Waals surface area contributed by atoms with Gasteiger partial charge in [0.2, 0.25) is 11.7 Å². The molecule has 2 aliphatic rings. The van der Waals surface area contributed by atoms with Crippen LogP contribution in [0.15, 0.2) is 66.4 Å². The number of rotatable bonds is 12. The zero-order chi connectivity index (χ0) is 25.9. The fraction of sp³-hybridized carbons (Fsp3) is 0.467. The van der Waals surface area contributed by atoms with Crippen molar-refractivity contribution in [2.24, 2.45) is 0 Å². The zero-order valence-corrected chi connectivity index (χ0v) is 22.0. The number of carbonyl (C=O) groups is 2. The smallest absolute Gasteiger partial charge is 0.288 e. The molecule has 7 heteroatoms. The number of hydroxylamine groups is 1. The molecule has 4 rings (SSSR count). The Morgan fingerprint density at radius 3 is 2.49 bits per heavy atom. The fourth-order valence-electron chi connectivity index (χ4n) is 5.11. The van der Waals surface area contributed by atoms with E-state index in [4.69, 9.17) is 4.84 Å². The molecule has 7 nitrogen and oxygen atoms in total. The molecule has 2 amide bonds. The molecule has 0 saturated carbocycles. The molecule has 198 valence electrons. The molecule has 0 spiro atoms. The molecule has 2 heterocycles. The number of piperidine rings is 1. The molecule has 0 aromatic heterocycles. The molecule has 2 aliphatic heterocycles. The van der Waals surface area contributed by atoms with Crippen LogP contribution in [0.2, 0.25) is 0 Å². The van der Waals surface area contributed by atoms with E-state index in [1.807, 2.05) is 24.3 Å². The summed E-state index contributed by atoms with van der Waals surface area (Å²) >= 11 is 0. The monoisotopic (exact) mass is 504 g/mol. The maximum atomic E-state index is 12.9. The SMILES string of the molecule is CNO/C(=C\CCCCc1ccccc1)C(=O)NC1CC(=O)N(c2ccc(CN3CCCCC3)cc2)C1. The van der Waals surface area contributed by atoms with Crippen LogP contribution in [-0.2, 0) is 27.4 Å². The van der Waals surface area contributed by atoms with Gasteiger partial charge in [0, 0.05) is 32.2 Å². The summed E-state index contributed by atoms with van der Waals surface area (Å²) < 4.78 is 0. The molecule has 2 fully saturated rings. The first kappa shape index (κ1) is 26.9. The second-order valence-electron chi connectivity index (χ2n) is 9.99. The van der Waals surface area contributed by atoms with E-state index in [1.54, 1.807) is 11.9 Å². The maximum absolute atomic E-state index is 12.9. The van der Waals surface area contributed by atoms with Crippen molar-refractivity contribution in [2.45, 2.75) is 64.0 Å². The fourth-order valence-corrected chi connectivity index (χ4v) is 5.11. The van der Waals surface area contributed by atoms with Crippen LogP contribution in [0.5, 0.6) is 0 Å². The highest BCUT2D eigenvalue weighted by atomic mass is 16.6. The Morgan fingerprint density at radius 1 is 1.00 bits per heavy atom. The van der Waals surface area contributed by atoms with Gasteiger partial charge in [-0.25, -0.2) is 0 Å². The van der Waals surface area contributed by atoms with Gasteiger partial charge >= 0.3 is 0 Å². The molecule has 2 saturated heterocycles. The molecule has 1 unspecified atom stereocenters. The number of benzene rings is 2. The second-order valence-corrected chi connectivity index (χ2v) is 9.99. The van der Waals surface area contributed by atoms with E-state index < -0.39 is 0 Å². The minimum absolute atomic E-state index is 0.0232. The van der Waals surface area contributed by atoms with Crippen molar-refractivity contribution in [1.82, 2.24) is 15.7 Å². The molecule has 2 N–H and O–H groups in total. The summed E-state index contributed by atoms with van der Waals surface area (Å²) in [6, 6.07) is 18.4. The first-order chi connectivity index (χ1) is 18.1. The standard InChI is InChI=1S/C30H40N4O3/c1-31-37-28(14-8-3-7-13-24-11-5-2-6-12-24)30(36)32-26-21-29(35)34(23-26)27-17-15-25(16-18-27)22-33-19-9-4-10-20-33/h2,5-6,11-12,14-18,26,31H,3-4,7-10,13,19-23H2,1H3,(H,32,36)/b28-14-. The van der Waals surface area contributed by atoms with Crippen LogP contribution in [0.25, 0.3) is 0 Å². The van der Waals surface area contributed by atoms with E-state index in [2.05, 4.69) is 52.1 Å². The Morgan fingerprint density at radius 2 is 1.76 bits per heavy atom. The molecule has 2 aromatic rings. The lowest BCUT2D eigenvalue weighted by molar-refractivity contribution is -0.122. The van der Waals surface area contributed by atoms with Crippen molar-refractivity contribution in [3.8, 4) is 0 Å². The third-order valence-corrected chi connectivity index (χ3v) is 7.09. The number of hydrogen-bond donors (Lipinski definition) is 2. The zero-order valence-electron chi connectivity index (χ0n) is 22.0. The summed E-state index contributed by atoms with van der Waals surface area (Å²) in [6.45, 7) is 3.74. The lowest BCUT2D eigenvalue weighted by Gasteiger charge is -2.26. The number of nitrogens with zero attached hydrogens (tertiary/aromatic N) is 2. The second kappa shape index (κ2) is 14.0. The van der Waals surface area contributed by atoms with Gasteiger partial charge in [-0.2, -0.15) is 5.48 Å². The molecule has 37 heavy (non-hydrogen) atoms. The lowest BCUT2D eigenvalue weighted by Crippen LogP contribution is -2.39. The topological polar surface area (TPSA) is 73.9 Å². The number of anilines is 1. The first-order valence-corrected chi connectivity index (χ1v) is 13.6. The van der Waals surface area contributed by atoms with E-state index >= 15 is 0 Å². The maximum Gasteiger partial charge on any atom is 0.288 e. The van der Waals surface area contributed by atoms with Crippen LogP contribution in [-0.4, -0.2) is 49.4 Å². The van der Waals surface area contributed by atoms with Gasteiger partial charge in [-0.05, 0) is 81.0 Å². The number of hydrogen-bond acceptors (Lipinski definition) is 5. The van der Waals surface area contributed by atoms with Gasteiger partial charge in [0.1, 0.15) is 0 Å². The molecule has 0 aliphatic carbocycles. The predicted molar refractivity (Wildman–Crippen MR) is 147 cm³/mol. The molecular formula is C30H40N4O3. The van der Waals surface area contributed by atoms with Gasteiger partial charge in [-0.3, -0.25) is 14.5 Å². The van der Waals surface area contributed by atoms with Crippen molar-refractivity contribution in [1.29, 1.82) is 0 Å². The Kier molecular flexibility index (Phi) is 10.1. The summed E-state index contributed by atoms with van der Waals surface area (Å²) in [5, 5.41) is 2.98. The van der Waals surface area contributed by atoms with Crippen molar-refractivity contribution in [3.63, 3.8) is 0 Å². The van der Waals surface area contributed by atoms with Crippen LogP contribution < -0.4 is 15.7 Å². The van der Waals surface area contributed by atoms with Crippen molar-refractivity contribution in [2.75, 3.05) is 31.6 Å². The molecule has 2 aromatic carbocycles. The van der Waals surface area contributed by atoms with Crippen LogP contribution in [0.4, 0.5) is 5.69 Å². The van der Waals surface area contributed by atoms with Crippen LogP contribution >= 0.6 is 0 Å². The van der Waals surface area contributed by atoms with E-state index in [0.29, 0.717) is 6.54 Å². The van der Waals surface area contributed by atoms with Crippen molar-refractivity contribution >= 4 is 17.5 Å². The van der Waals surface area contributed by atoms with Gasteiger partial charge < -0.3 is 15.1 Å². The minimum Gasteiger partial charge on any atom is -0.404 e. The van der Waals surface area contributed by atoms with E-state index in [1.165, 1.54) is 30.4 Å². The van der Waals surface area contributed by atoms with Gasteiger partial charge in [-0.15, -0.1) is 0 Å². The predicted octanol–water partition coefficient (Wildman–Crippen LogP) is 4.34. The Hall–Kier alpha value is -3.16. The van der Waals surface area contributed by atoms with Crippen LogP contribution in [0.1, 0.15) is 56.1 Å². The van der Waals surface area contributed by atoms with E-state index in [0.717, 1.165) is 51.0 Å². The minimum atomic E-state index is -0.297. The van der Waals surface area contributed by atoms with Crippen LogP contribution in [0.3, 0.4) is 0 Å². The number of amides is 2. The average molecular weight is 505 g/mol. The van der Waals surface area contributed by atoms with Gasteiger partial charge in [0.25, 0.3) is 5.91 Å². The summed E-state index contributed by atoms with van der Waals surface area (Å²) in [4.78, 5) is 35.3. The Bertz CT molecular complexity index is 1030. The highest BCUT2D eigenvalue weighted by Crippen LogP contribution is 2.23. The van der Waals surface area contributed by atoms with E-state index in [-0.39, 0.29) is 30.0 Å². The number of nitrogens with one attached hydrogen (secondary N) is 2. The lowest BCUT2D eigenvalue weighted by atomic mass is 10.1. The number of unbranched alkanes of at least 4 members (excludes halogenated alkanes) is 2. The average Bonchev–Trinajstić information content (AvgIpc) is 3.29. The number of likely N-dealkylation sites (tertiary alicyclic amines) is 1. The van der Waals surface area contributed by atoms with Gasteiger partial charge in [0.15, 0.2) is 0 Å². The van der Waals surface area contributed by atoms with Crippen LogP contribution in [0, 0.1) is 0 Å².